The van der Waals surface area contributed by atoms with Gasteiger partial charge in [-0.05, 0) is 37.1 Å². The molecule has 1 aromatic rings. The Hall–Kier alpha value is -0.910. The molecule has 0 aliphatic rings. The van der Waals surface area contributed by atoms with Gasteiger partial charge in [0.05, 0.1) is 40.0 Å². The van der Waals surface area contributed by atoms with E-state index in [1.165, 1.54) is 25.3 Å². The second-order valence-electron chi connectivity index (χ2n) is 4.85. The fraction of sp³-hybridized carbons (Fsp3) is 0.385. The summed E-state index contributed by atoms with van der Waals surface area (Å²) >= 11 is 0. The fourth-order valence-corrected chi connectivity index (χ4v) is 2.22. The van der Waals surface area contributed by atoms with Crippen molar-refractivity contribution in [1.82, 2.24) is 0 Å². The average molecular weight is 319 g/mol. The SMILES string of the molecule is COC(=O)c1cc(CS(=O)(=O)[O-])cc(C(C)(C)C#N)c1.[Na+]. The van der Waals surface area contributed by atoms with E-state index < -0.39 is 27.3 Å². The maximum absolute atomic E-state index is 11.6. The molecule has 0 aliphatic carbocycles. The van der Waals surface area contributed by atoms with Crippen LogP contribution in [0.25, 0.3) is 0 Å². The topological polar surface area (TPSA) is 107 Å². The summed E-state index contributed by atoms with van der Waals surface area (Å²) < 4.78 is 37.1. The van der Waals surface area contributed by atoms with Crippen molar-refractivity contribution in [2.45, 2.75) is 25.0 Å². The van der Waals surface area contributed by atoms with Gasteiger partial charge in [-0.25, -0.2) is 13.2 Å². The first kappa shape index (κ1) is 20.1. The standard InChI is InChI=1S/C13H15NO5S.Na/c1-13(2,8-14)11-5-9(7-20(16,17)18)4-10(6-11)12(15)19-3;/h4-6H,7H2,1-3H3,(H,16,17,18);/q;+1/p-1. The summed E-state index contributed by atoms with van der Waals surface area (Å²) in [5, 5.41) is 9.11. The van der Waals surface area contributed by atoms with E-state index in [-0.39, 0.29) is 40.7 Å². The van der Waals surface area contributed by atoms with Crippen LogP contribution in [0.1, 0.15) is 35.3 Å². The number of methoxy groups -OCH3 is 1. The quantitative estimate of drug-likeness (QED) is 0.373. The molecule has 0 amide bonds. The number of carbonyl (C=O) groups excluding carboxylic acids is 1. The summed E-state index contributed by atoms with van der Waals surface area (Å²) in [5.41, 5.74) is -0.222. The first-order chi connectivity index (χ1) is 9.09. The molecule has 0 spiro atoms. The van der Waals surface area contributed by atoms with E-state index in [2.05, 4.69) is 10.8 Å². The van der Waals surface area contributed by atoms with E-state index in [9.17, 15) is 17.8 Å². The Morgan fingerprint density at radius 1 is 1.38 bits per heavy atom. The number of nitrogens with zero attached hydrogens (tertiary/aromatic N) is 1. The van der Waals surface area contributed by atoms with Crippen molar-refractivity contribution in [3.05, 3.63) is 34.9 Å². The van der Waals surface area contributed by atoms with E-state index in [0.717, 1.165) is 0 Å². The number of esters is 1. The number of benzene rings is 1. The van der Waals surface area contributed by atoms with Crippen LogP contribution in [0.15, 0.2) is 18.2 Å². The molecule has 0 radical (unpaired) electrons. The van der Waals surface area contributed by atoms with Gasteiger partial charge in [-0.1, -0.05) is 6.07 Å². The molecule has 8 heteroatoms. The summed E-state index contributed by atoms with van der Waals surface area (Å²) in [5.74, 6) is -1.41. The Bertz CT molecular complexity index is 676. The fourth-order valence-electron chi connectivity index (χ4n) is 1.64. The number of nitriles is 1. The minimum absolute atomic E-state index is 0. The van der Waals surface area contributed by atoms with Gasteiger partial charge in [0.25, 0.3) is 0 Å². The molecule has 1 aromatic carbocycles. The summed E-state index contributed by atoms with van der Waals surface area (Å²) in [6, 6.07) is 6.22. The summed E-state index contributed by atoms with van der Waals surface area (Å²) in [6.45, 7) is 3.25. The van der Waals surface area contributed by atoms with E-state index in [0.29, 0.717) is 5.56 Å². The molecular formula is C13H14NNaO5S. The van der Waals surface area contributed by atoms with Gasteiger partial charge in [-0.2, -0.15) is 5.26 Å². The zero-order chi connectivity index (χ0) is 15.6. The Morgan fingerprint density at radius 3 is 2.38 bits per heavy atom. The number of hydrogen-bond donors (Lipinski definition) is 0. The molecule has 1 rings (SSSR count). The zero-order valence-corrected chi connectivity index (χ0v) is 15.2. The Morgan fingerprint density at radius 2 is 1.95 bits per heavy atom. The van der Waals surface area contributed by atoms with Crippen LogP contribution in [0.2, 0.25) is 0 Å². The van der Waals surface area contributed by atoms with E-state index in [1.807, 2.05) is 0 Å². The van der Waals surface area contributed by atoms with Crippen LogP contribution in [0, 0.1) is 11.3 Å². The van der Waals surface area contributed by atoms with Crippen molar-refractivity contribution in [3.63, 3.8) is 0 Å². The van der Waals surface area contributed by atoms with Crippen molar-refractivity contribution < 1.29 is 52.1 Å². The maximum Gasteiger partial charge on any atom is 1.00 e. The van der Waals surface area contributed by atoms with Gasteiger partial charge in [0.2, 0.25) is 0 Å². The van der Waals surface area contributed by atoms with Gasteiger partial charge in [-0.3, -0.25) is 0 Å². The largest absolute Gasteiger partial charge is 1.00 e. The van der Waals surface area contributed by atoms with Crippen molar-refractivity contribution in [2.75, 3.05) is 7.11 Å². The minimum atomic E-state index is -4.48. The average Bonchev–Trinajstić information content (AvgIpc) is 2.35. The molecule has 0 saturated carbocycles. The van der Waals surface area contributed by atoms with Crippen LogP contribution in [0.4, 0.5) is 0 Å². The van der Waals surface area contributed by atoms with Gasteiger partial charge in [0, 0.05) is 0 Å². The number of hydrogen-bond acceptors (Lipinski definition) is 6. The molecule has 108 valence electrons. The molecule has 0 aromatic heterocycles. The van der Waals surface area contributed by atoms with Crippen molar-refractivity contribution in [1.29, 1.82) is 5.26 Å². The second-order valence-corrected chi connectivity index (χ2v) is 6.25. The molecule has 0 saturated heterocycles. The Balaban J connectivity index is 0.00000400. The normalized spacial score (nSPS) is 11.2. The summed E-state index contributed by atoms with van der Waals surface area (Å²) in [6.07, 6.45) is 0. The first-order valence-corrected chi connectivity index (χ1v) is 7.24. The smallest absolute Gasteiger partial charge is 0.748 e. The third kappa shape index (κ3) is 5.77. The molecular weight excluding hydrogens is 305 g/mol. The van der Waals surface area contributed by atoms with E-state index >= 15 is 0 Å². The number of carbonyl (C=O) groups is 1. The molecule has 0 bridgehead atoms. The second kappa shape index (κ2) is 7.38. The van der Waals surface area contributed by atoms with Crippen LogP contribution in [-0.2, 0) is 26.0 Å². The van der Waals surface area contributed by atoms with E-state index in [4.69, 9.17) is 5.26 Å². The number of ether oxygens (including phenoxy) is 1. The predicted octanol–water partition coefficient (Wildman–Crippen LogP) is -1.68. The Kier molecular flexibility index (Phi) is 7.06. The van der Waals surface area contributed by atoms with Crippen molar-refractivity contribution >= 4 is 16.1 Å². The molecule has 0 unspecified atom stereocenters. The summed E-state index contributed by atoms with van der Waals surface area (Å²) in [7, 11) is -3.29. The molecule has 0 fully saturated rings. The molecule has 21 heavy (non-hydrogen) atoms. The van der Waals surface area contributed by atoms with Crippen LogP contribution in [0.5, 0.6) is 0 Å². The van der Waals surface area contributed by atoms with Crippen LogP contribution >= 0.6 is 0 Å². The van der Waals surface area contributed by atoms with Gasteiger partial charge >= 0.3 is 35.5 Å². The minimum Gasteiger partial charge on any atom is -0.748 e. The van der Waals surface area contributed by atoms with Crippen LogP contribution in [0.3, 0.4) is 0 Å². The third-order valence-corrected chi connectivity index (χ3v) is 3.45. The molecule has 0 N–H and O–H groups in total. The van der Waals surface area contributed by atoms with Crippen LogP contribution in [-0.4, -0.2) is 26.0 Å². The summed E-state index contributed by atoms with van der Waals surface area (Å²) in [4.78, 5) is 11.6. The van der Waals surface area contributed by atoms with E-state index in [1.54, 1.807) is 13.8 Å². The molecule has 0 aliphatic heterocycles. The predicted molar refractivity (Wildman–Crippen MR) is 69.8 cm³/mol. The maximum atomic E-state index is 11.6. The Labute approximate surface area is 146 Å². The van der Waals surface area contributed by atoms with Gasteiger partial charge in [-0.15, -0.1) is 0 Å². The van der Waals surface area contributed by atoms with Gasteiger partial charge in [0.15, 0.2) is 0 Å². The van der Waals surface area contributed by atoms with Crippen molar-refractivity contribution in [3.8, 4) is 6.07 Å². The monoisotopic (exact) mass is 319 g/mol. The molecule has 0 atom stereocenters. The third-order valence-electron chi connectivity index (χ3n) is 2.76. The van der Waals surface area contributed by atoms with Gasteiger partial charge in [0.1, 0.15) is 0 Å². The zero-order valence-electron chi connectivity index (χ0n) is 12.3. The van der Waals surface area contributed by atoms with Gasteiger partial charge < -0.3 is 9.29 Å². The first-order valence-electron chi connectivity index (χ1n) is 5.66. The number of rotatable bonds is 4. The van der Waals surface area contributed by atoms with Crippen molar-refractivity contribution in [2.24, 2.45) is 0 Å². The molecule has 0 heterocycles. The van der Waals surface area contributed by atoms with Crippen LogP contribution < -0.4 is 29.6 Å². The molecule has 6 nitrogen and oxygen atoms in total.